The molecule has 1 aromatic heterocycles. The minimum atomic E-state index is -0.206. The smallest absolute Gasteiger partial charge is 0.269 e. The maximum Gasteiger partial charge on any atom is 0.269 e. The van der Waals surface area contributed by atoms with Crippen molar-refractivity contribution in [3.8, 4) is 17.2 Å². The molecular weight excluding hydrogens is 326 g/mol. The number of hydrogen-bond acceptors (Lipinski definition) is 4. The number of unbranched alkanes of at least 4 members (excludes halogenated alkanes) is 1. The van der Waals surface area contributed by atoms with Gasteiger partial charge in [-0.1, -0.05) is 25.5 Å². The molecule has 1 aromatic carbocycles. The molecule has 26 heavy (non-hydrogen) atoms. The zero-order chi connectivity index (χ0) is 18.4. The highest BCUT2D eigenvalue weighted by Gasteiger charge is 2.14. The van der Waals surface area contributed by atoms with Crippen LogP contribution in [0.15, 0.2) is 41.3 Å². The first-order valence-corrected chi connectivity index (χ1v) is 9.31. The Kier molecular flexibility index (Phi) is 6.08. The number of aryl methyl sites for hydroxylation is 1. The van der Waals surface area contributed by atoms with E-state index >= 15 is 0 Å². The molecule has 0 amide bonds. The molecule has 0 atom stereocenters. The molecule has 2 aromatic rings. The topological polar surface area (TPSA) is 67.1 Å². The highest BCUT2D eigenvalue weighted by molar-refractivity contribution is 5.71. The first-order valence-electron chi connectivity index (χ1n) is 9.31. The standard InChI is InChI=1S/C21H25N3O2/c1-2-3-11-24-12-8-19(20(15-22)21(24)25)16-4-6-17(7-5-16)23-18-9-13-26-14-10-18/h4-8,12,18,23H,2-3,9-11,13-14H2,1H3. The van der Waals surface area contributed by atoms with Crippen LogP contribution < -0.4 is 10.9 Å². The maximum atomic E-state index is 12.5. The van der Waals surface area contributed by atoms with Gasteiger partial charge in [0.2, 0.25) is 0 Å². The van der Waals surface area contributed by atoms with Crippen molar-refractivity contribution in [3.05, 3.63) is 52.4 Å². The van der Waals surface area contributed by atoms with Gasteiger partial charge in [0.05, 0.1) is 0 Å². The number of aromatic nitrogens is 1. The summed E-state index contributed by atoms with van der Waals surface area (Å²) in [6, 6.07) is 12.4. The van der Waals surface area contributed by atoms with Crippen LogP contribution in [0.1, 0.15) is 38.2 Å². The Morgan fingerprint density at radius 1 is 1.23 bits per heavy atom. The van der Waals surface area contributed by atoms with E-state index in [1.165, 1.54) is 0 Å². The highest BCUT2D eigenvalue weighted by Crippen LogP contribution is 2.24. The molecule has 0 bridgehead atoms. The molecule has 0 radical (unpaired) electrons. The summed E-state index contributed by atoms with van der Waals surface area (Å²) in [5.41, 5.74) is 2.65. The number of nitrogens with one attached hydrogen (secondary N) is 1. The van der Waals surface area contributed by atoms with Gasteiger partial charge in [0.1, 0.15) is 11.6 Å². The fraction of sp³-hybridized carbons (Fsp3) is 0.429. The van der Waals surface area contributed by atoms with Crippen LogP contribution in [-0.4, -0.2) is 23.8 Å². The summed E-state index contributed by atoms with van der Waals surface area (Å²) in [5, 5.41) is 13.0. The summed E-state index contributed by atoms with van der Waals surface area (Å²) in [6.07, 6.45) is 5.75. The molecule has 1 N–H and O–H groups in total. The van der Waals surface area contributed by atoms with Gasteiger partial charge in [-0.15, -0.1) is 0 Å². The van der Waals surface area contributed by atoms with Gasteiger partial charge in [0.15, 0.2) is 0 Å². The van der Waals surface area contributed by atoms with Crippen molar-refractivity contribution in [1.82, 2.24) is 4.57 Å². The fourth-order valence-corrected chi connectivity index (χ4v) is 3.25. The lowest BCUT2D eigenvalue weighted by Gasteiger charge is -2.24. The third-order valence-corrected chi connectivity index (χ3v) is 4.82. The van der Waals surface area contributed by atoms with Crippen LogP contribution in [0.2, 0.25) is 0 Å². The molecule has 0 saturated carbocycles. The highest BCUT2D eigenvalue weighted by atomic mass is 16.5. The van der Waals surface area contributed by atoms with E-state index in [1.54, 1.807) is 10.8 Å². The summed E-state index contributed by atoms with van der Waals surface area (Å²) in [7, 11) is 0. The summed E-state index contributed by atoms with van der Waals surface area (Å²) in [4.78, 5) is 12.5. The third-order valence-electron chi connectivity index (χ3n) is 4.82. The lowest BCUT2D eigenvalue weighted by atomic mass is 10.0. The van der Waals surface area contributed by atoms with Crippen molar-refractivity contribution in [3.63, 3.8) is 0 Å². The first-order chi connectivity index (χ1) is 12.7. The van der Waals surface area contributed by atoms with Crippen LogP contribution in [0.25, 0.3) is 11.1 Å². The average Bonchev–Trinajstić information content (AvgIpc) is 2.68. The van der Waals surface area contributed by atoms with Crippen LogP contribution in [0.3, 0.4) is 0 Å². The van der Waals surface area contributed by atoms with Gasteiger partial charge in [-0.3, -0.25) is 4.79 Å². The van der Waals surface area contributed by atoms with Gasteiger partial charge in [-0.25, -0.2) is 0 Å². The molecule has 0 unspecified atom stereocenters. The van der Waals surface area contributed by atoms with E-state index < -0.39 is 0 Å². The van der Waals surface area contributed by atoms with Crippen LogP contribution in [0.5, 0.6) is 0 Å². The molecule has 0 spiro atoms. The largest absolute Gasteiger partial charge is 0.382 e. The number of nitrogens with zero attached hydrogens (tertiary/aromatic N) is 2. The number of ether oxygens (including phenoxy) is 1. The monoisotopic (exact) mass is 351 g/mol. The van der Waals surface area contributed by atoms with E-state index in [1.807, 2.05) is 30.3 Å². The number of pyridine rings is 1. The molecule has 3 rings (SSSR count). The summed E-state index contributed by atoms with van der Waals surface area (Å²) in [5.74, 6) is 0. The summed E-state index contributed by atoms with van der Waals surface area (Å²) >= 11 is 0. The van der Waals surface area contributed by atoms with Gasteiger partial charge >= 0.3 is 0 Å². The second-order valence-electron chi connectivity index (χ2n) is 6.68. The van der Waals surface area contributed by atoms with Gasteiger partial charge in [0.25, 0.3) is 5.56 Å². The van der Waals surface area contributed by atoms with Crippen LogP contribution in [0.4, 0.5) is 5.69 Å². The summed E-state index contributed by atoms with van der Waals surface area (Å²) < 4.78 is 7.01. The Balaban J connectivity index is 1.81. The lowest BCUT2D eigenvalue weighted by molar-refractivity contribution is 0.0904. The van der Waals surface area contributed by atoms with Gasteiger partial charge in [0, 0.05) is 43.2 Å². The molecule has 1 aliphatic heterocycles. The molecule has 5 nitrogen and oxygen atoms in total. The molecule has 1 aliphatic rings. The maximum absolute atomic E-state index is 12.5. The Morgan fingerprint density at radius 3 is 2.62 bits per heavy atom. The predicted octanol–water partition coefficient (Wildman–Crippen LogP) is 3.78. The van der Waals surface area contributed by atoms with E-state index in [2.05, 4.69) is 18.3 Å². The van der Waals surface area contributed by atoms with Gasteiger partial charge < -0.3 is 14.6 Å². The minimum absolute atomic E-state index is 0.206. The molecule has 5 heteroatoms. The van der Waals surface area contributed by atoms with Crippen molar-refractivity contribution in [2.24, 2.45) is 0 Å². The number of nitriles is 1. The minimum Gasteiger partial charge on any atom is -0.382 e. The Morgan fingerprint density at radius 2 is 1.96 bits per heavy atom. The van der Waals surface area contributed by atoms with Crippen LogP contribution in [0, 0.1) is 11.3 Å². The average molecular weight is 351 g/mol. The van der Waals surface area contributed by atoms with Crippen LogP contribution >= 0.6 is 0 Å². The number of benzene rings is 1. The molecule has 2 heterocycles. The molecule has 136 valence electrons. The Hall–Kier alpha value is -2.58. The number of hydrogen-bond donors (Lipinski definition) is 1. The van der Waals surface area contributed by atoms with E-state index in [0.29, 0.717) is 18.2 Å². The lowest BCUT2D eigenvalue weighted by Crippen LogP contribution is -2.27. The third kappa shape index (κ3) is 4.14. The Labute approximate surface area is 154 Å². The van der Waals surface area contributed by atoms with E-state index in [4.69, 9.17) is 4.74 Å². The molecular formula is C21H25N3O2. The predicted molar refractivity (Wildman–Crippen MR) is 103 cm³/mol. The quantitative estimate of drug-likeness (QED) is 0.860. The second kappa shape index (κ2) is 8.68. The fourth-order valence-electron chi connectivity index (χ4n) is 3.25. The van der Waals surface area contributed by atoms with E-state index in [-0.39, 0.29) is 11.1 Å². The molecule has 0 aliphatic carbocycles. The molecule has 1 fully saturated rings. The zero-order valence-corrected chi connectivity index (χ0v) is 15.2. The number of anilines is 1. The van der Waals surface area contributed by atoms with Crippen molar-refractivity contribution in [1.29, 1.82) is 5.26 Å². The van der Waals surface area contributed by atoms with E-state index in [0.717, 1.165) is 50.1 Å². The van der Waals surface area contributed by atoms with Gasteiger partial charge in [-0.2, -0.15) is 5.26 Å². The van der Waals surface area contributed by atoms with Crippen molar-refractivity contribution < 1.29 is 4.74 Å². The van der Waals surface area contributed by atoms with E-state index in [9.17, 15) is 10.1 Å². The van der Waals surface area contributed by atoms with Crippen molar-refractivity contribution in [2.45, 2.75) is 45.2 Å². The number of rotatable bonds is 6. The second-order valence-corrected chi connectivity index (χ2v) is 6.68. The van der Waals surface area contributed by atoms with Gasteiger partial charge in [-0.05, 0) is 43.0 Å². The zero-order valence-electron chi connectivity index (χ0n) is 15.2. The molecule has 1 saturated heterocycles. The van der Waals surface area contributed by atoms with Crippen molar-refractivity contribution >= 4 is 5.69 Å². The normalized spacial score (nSPS) is 14.8. The Bertz CT molecular complexity index is 828. The summed E-state index contributed by atoms with van der Waals surface area (Å²) in [6.45, 7) is 4.34. The van der Waals surface area contributed by atoms with Crippen molar-refractivity contribution in [2.75, 3.05) is 18.5 Å². The SMILES string of the molecule is CCCCn1ccc(-c2ccc(NC3CCOCC3)cc2)c(C#N)c1=O. The first kappa shape index (κ1) is 18.2. The van der Waals surface area contributed by atoms with Crippen LogP contribution in [-0.2, 0) is 11.3 Å².